The molecule has 0 spiro atoms. The summed E-state index contributed by atoms with van der Waals surface area (Å²) >= 11 is 0. The summed E-state index contributed by atoms with van der Waals surface area (Å²) < 4.78 is 11.1. The van der Waals surface area contributed by atoms with Gasteiger partial charge in [0, 0.05) is 24.5 Å². The maximum absolute atomic E-state index is 5.59. The summed E-state index contributed by atoms with van der Waals surface area (Å²) in [6.07, 6.45) is 6.90. The lowest BCUT2D eigenvalue weighted by Crippen LogP contribution is -2.47. The Morgan fingerprint density at radius 3 is 3.00 bits per heavy atom. The highest BCUT2D eigenvalue weighted by Gasteiger charge is 2.52. The molecule has 3 atom stereocenters. The molecule has 3 nitrogen and oxygen atoms in total. The molecule has 1 aliphatic carbocycles. The molecule has 0 radical (unpaired) electrons. The van der Waals surface area contributed by atoms with Crippen molar-refractivity contribution in [3.63, 3.8) is 0 Å². The molecule has 1 fully saturated rings. The molecule has 0 N–H and O–H groups in total. The number of fused-ring (bicyclic) bond motifs is 2. The monoisotopic (exact) mass is 267 g/mol. The van der Waals surface area contributed by atoms with Crippen molar-refractivity contribution in [1.29, 1.82) is 0 Å². The highest BCUT2D eigenvalue weighted by Crippen LogP contribution is 2.53. The van der Waals surface area contributed by atoms with Gasteiger partial charge in [0.05, 0.1) is 0 Å². The van der Waals surface area contributed by atoms with E-state index in [-0.39, 0.29) is 5.41 Å². The topological polar surface area (TPSA) is 21.7 Å². The van der Waals surface area contributed by atoms with E-state index in [1.807, 2.05) is 0 Å². The quantitative estimate of drug-likeness (QED) is 0.721. The number of allylic oxidation sites excluding steroid dienone is 1. The molecule has 3 heterocycles. The van der Waals surface area contributed by atoms with Crippen LogP contribution in [0, 0.1) is 0 Å². The summed E-state index contributed by atoms with van der Waals surface area (Å²) in [7, 11) is 0. The molecule has 2 bridgehead atoms. The molecule has 102 valence electrons. The standard InChI is InChI=1S/C17H17NO2/c1-11-2-3-17-4-5-18(16(17)6-11)9-12-7-14-15(8-13(12)17)20-10-19-14/h2-3,7-8,16H,1,4-6,9-10H2/t16-,17-/m0/s1. The third kappa shape index (κ3) is 1.20. The van der Waals surface area contributed by atoms with E-state index in [4.69, 9.17) is 9.47 Å². The molecule has 0 amide bonds. The molecule has 0 aromatic heterocycles. The van der Waals surface area contributed by atoms with Crippen molar-refractivity contribution < 1.29 is 9.47 Å². The molecule has 1 aromatic carbocycles. The Morgan fingerprint density at radius 2 is 2.10 bits per heavy atom. The summed E-state index contributed by atoms with van der Waals surface area (Å²) in [5.41, 5.74) is 4.27. The molecule has 5 rings (SSSR count). The second-order valence-electron chi connectivity index (χ2n) is 6.33. The van der Waals surface area contributed by atoms with Crippen LogP contribution >= 0.6 is 0 Å². The van der Waals surface area contributed by atoms with Gasteiger partial charge in [0.15, 0.2) is 11.5 Å². The van der Waals surface area contributed by atoms with Crippen molar-refractivity contribution >= 4 is 0 Å². The molecule has 3 heteroatoms. The van der Waals surface area contributed by atoms with Gasteiger partial charge in [-0.25, -0.2) is 0 Å². The van der Waals surface area contributed by atoms with Crippen LogP contribution in [0.15, 0.2) is 36.4 Å². The minimum absolute atomic E-state index is 0.162. The van der Waals surface area contributed by atoms with Crippen molar-refractivity contribution in [2.45, 2.75) is 30.8 Å². The first kappa shape index (κ1) is 11.0. The van der Waals surface area contributed by atoms with Gasteiger partial charge in [-0.2, -0.15) is 0 Å². The van der Waals surface area contributed by atoms with Gasteiger partial charge in [0.2, 0.25) is 6.79 Å². The number of rotatable bonds is 0. The molecule has 4 aliphatic rings. The Hall–Kier alpha value is -1.74. The average Bonchev–Trinajstić information content (AvgIpc) is 3.00. The maximum atomic E-state index is 5.59. The molecule has 20 heavy (non-hydrogen) atoms. The van der Waals surface area contributed by atoms with Crippen molar-refractivity contribution in [3.05, 3.63) is 47.6 Å². The van der Waals surface area contributed by atoms with E-state index in [9.17, 15) is 0 Å². The lowest BCUT2D eigenvalue weighted by molar-refractivity contribution is 0.174. The number of benzene rings is 1. The molecule has 1 unspecified atom stereocenters. The predicted molar refractivity (Wildman–Crippen MR) is 76.0 cm³/mol. The molecule has 1 saturated heterocycles. The largest absolute Gasteiger partial charge is 0.454 e. The molecule has 1 aromatic rings. The van der Waals surface area contributed by atoms with Gasteiger partial charge in [-0.3, -0.25) is 4.90 Å². The van der Waals surface area contributed by atoms with Gasteiger partial charge in [-0.05, 0) is 36.1 Å². The lowest BCUT2D eigenvalue weighted by Gasteiger charge is -2.44. The Labute approximate surface area is 118 Å². The number of hydrogen-bond acceptors (Lipinski definition) is 3. The molecule has 3 aliphatic heterocycles. The Morgan fingerprint density at radius 1 is 1.25 bits per heavy atom. The maximum Gasteiger partial charge on any atom is 0.231 e. The molecule has 0 saturated carbocycles. The van der Waals surface area contributed by atoms with Crippen LogP contribution in [0.3, 0.4) is 0 Å². The normalized spacial score (nSPS) is 35.9. The summed E-state index contributed by atoms with van der Waals surface area (Å²) in [6.45, 7) is 6.70. The van der Waals surface area contributed by atoms with Gasteiger partial charge < -0.3 is 9.47 Å². The second-order valence-corrected chi connectivity index (χ2v) is 6.33. The fourth-order valence-electron chi connectivity index (χ4n) is 4.43. The van der Waals surface area contributed by atoms with Crippen LogP contribution in [0.4, 0.5) is 0 Å². The van der Waals surface area contributed by atoms with Crippen LogP contribution in [-0.4, -0.2) is 24.3 Å². The smallest absolute Gasteiger partial charge is 0.231 e. The van der Waals surface area contributed by atoms with E-state index in [1.165, 1.54) is 29.7 Å². The van der Waals surface area contributed by atoms with Crippen molar-refractivity contribution in [2.24, 2.45) is 0 Å². The third-order valence-corrected chi connectivity index (χ3v) is 5.39. The van der Waals surface area contributed by atoms with Crippen molar-refractivity contribution in [1.82, 2.24) is 4.90 Å². The van der Waals surface area contributed by atoms with E-state index in [0.717, 1.165) is 24.5 Å². The zero-order valence-corrected chi connectivity index (χ0v) is 11.4. The first-order valence-electron chi connectivity index (χ1n) is 7.30. The second kappa shape index (κ2) is 3.47. The van der Waals surface area contributed by atoms with Crippen LogP contribution in [-0.2, 0) is 12.0 Å². The first-order chi connectivity index (χ1) is 9.76. The van der Waals surface area contributed by atoms with E-state index in [1.54, 1.807) is 0 Å². The summed E-state index contributed by atoms with van der Waals surface area (Å²) in [5, 5.41) is 0. The zero-order chi connectivity index (χ0) is 13.3. The number of hydrogen-bond donors (Lipinski definition) is 0. The van der Waals surface area contributed by atoms with Gasteiger partial charge in [-0.15, -0.1) is 0 Å². The van der Waals surface area contributed by atoms with Gasteiger partial charge >= 0.3 is 0 Å². The van der Waals surface area contributed by atoms with Crippen LogP contribution in [0.1, 0.15) is 24.0 Å². The summed E-state index contributed by atoms with van der Waals surface area (Å²) in [4.78, 5) is 2.61. The molecular formula is C17H17NO2. The Balaban J connectivity index is 1.76. The summed E-state index contributed by atoms with van der Waals surface area (Å²) in [6, 6.07) is 4.99. The van der Waals surface area contributed by atoms with Crippen LogP contribution < -0.4 is 9.47 Å². The number of ether oxygens (including phenoxy) is 2. The Kier molecular flexibility index (Phi) is 1.91. The van der Waals surface area contributed by atoms with E-state index >= 15 is 0 Å². The van der Waals surface area contributed by atoms with E-state index in [0.29, 0.717) is 12.8 Å². The highest BCUT2D eigenvalue weighted by molar-refractivity contribution is 5.56. The van der Waals surface area contributed by atoms with Gasteiger partial charge in [0.1, 0.15) is 0 Å². The highest BCUT2D eigenvalue weighted by atomic mass is 16.7. The average molecular weight is 267 g/mol. The third-order valence-electron chi connectivity index (χ3n) is 5.39. The SMILES string of the molecule is C=C1C=C[C@]23CCN(Cc4cc5c(cc42)OCO5)[C@H]3C1. The van der Waals surface area contributed by atoms with Gasteiger partial charge in [0.25, 0.3) is 0 Å². The van der Waals surface area contributed by atoms with E-state index < -0.39 is 0 Å². The van der Waals surface area contributed by atoms with Crippen molar-refractivity contribution in [3.8, 4) is 11.5 Å². The Bertz CT molecular complexity index is 663. The predicted octanol–water partition coefficient (Wildman–Crippen LogP) is 2.76. The fraction of sp³-hybridized carbons (Fsp3) is 0.412. The van der Waals surface area contributed by atoms with Crippen LogP contribution in [0.5, 0.6) is 11.5 Å². The first-order valence-corrected chi connectivity index (χ1v) is 7.30. The van der Waals surface area contributed by atoms with Crippen LogP contribution in [0.25, 0.3) is 0 Å². The van der Waals surface area contributed by atoms with Crippen molar-refractivity contribution in [2.75, 3.05) is 13.3 Å². The lowest BCUT2D eigenvalue weighted by atomic mass is 9.66. The summed E-state index contributed by atoms with van der Waals surface area (Å²) in [5.74, 6) is 1.82. The minimum atomic E-state index is 0.162. The molecular weight excluding hydrogens is 250 g/mol. The van der Waals surface area contributed by atoms with Crippen LogP contribution in [0.2, 0.25) is 0 Å². The fourth-order valence-corrected chi connectivity index (χ4v) is 4.43. The van der Waals surface area contributed by atoms with Gasteiger partial charge in [-0.1, -0.05) is 24.3 Å². The van der Waals surface area contributed by atoms with E-state index in [2.05, 4.69) is 35.8 Å². The number of nitrogens with zero attached hydrogens (tertiary/aromatic N) is 1. The zero-order valence-electron chi connectivity index (χ0n) is 11.4. The minimum Gasteiger partial charge on any atom is -0.454 e.